The molecule has 1 fully saturated rings. The third kappa shape index (κ3) is 9.13. The number of hydrogen-bond acceptors (Lipinski definition) is 7. The van der Waals surface area contributed by atoms with E-state index in [0.29, 0.717) is 62.3 Å². The number of rotatable bonds is 11. The normalized spacial score (nSPS) is 14.1. The van der Waals surface area contributed by atoms with Crippen molar-refractivity contribution in [2.75, 3.05) is 46.0 Å². The molecule has 1 aromatic rings. The predicted octanol–water partition coefficient (Wildman–Crippen LogP) is 3.38. The second kappa shape index (κ2) is 13.8. The molecular weight excluding hydrogens is 466 g/mol. The molecule has 0 aliphatic carbocycles. The van der Waals surface area contributed by atoms with Gasteiger partial charge in [0.1, 0.15) is 5.60 Å². The molecule has 1 aliphatic rings. The number of hydrogen-bond donors (Lipinski definition) is 2. The van der Waals surface area contributed by atoms with E-state index in [1.807, 2.05) is 25.7 Å². The number of alkyl carbamates (subject to hydrolysis) is 1. The first-order valence-electron chi connectivity index (χ1n) is 12.7. The predicted molar refractivity (Wildman–Crippen MR) is 136 cm³/mol. The van der Waals surface area contributed by atoms with Gasteiger partial charge in [0.05, 0.1) is 26.4 Å². The van der Waals surface area contributed by atoms with Crippen molar-refractivity contribution in [1.29, 1.82) is 0 Å². The highest BCUT2D eigenvalue weighted by Crippen LogP contribution is 2.39. The van der Waals surface area contributed by atoms with Crippen molar-refractivity contribution in [2.24, 2.45) is 5.92 Å². The standard InChI is InChI=1S/C26H41N3O7/c1-7-33-20-14-19(15-21(34-8-2)23(20)35-9-3)24(31)29-12-10-18(11-13-29)16-27-22(30)17-28-25(32)36-26(4,5)6/h14-15,18H,7-13,16-17H2,1-6H3,(H,27,30)(H,28,32). The number of likely N-dealkylation sites (tertiary alicyclic amines) is 1. The molecule has 1 aliphatic heterocycles. The summed E-state index contributed by atoms with van der Waals surface area (Å²) in [5.41, 5.74) is -0.128. The molecule has 0 aromatic heterocycles. The van der Waals surface area contributed by atoms with Gasteiger partial charge in [0.2, 0.25) is 11.7 Å². The number of nitrogens with one attached hydrogen (secondary N) is 2. The Hall–Kier alpha value is -3.17. The Kier molecular flexibility index (Phi) is 11.1. The molecular formula is C26H41N3O7. The van der Waals surface area contributed by atoms with Crippen LogP contribution in [0.3, 0.4) is 0 Å². The maximum Gasteiger partial charge on any atom is 0.408 e. The van der Waals surface area contributed by atoms with Gasteiger partial charge in [-0.3, -0.25) is 9.59 Å². The smallest absolute Gasteiger partial charge is 0.408 e. The van der Waals surface area contributed by atoms with Crippen LogP contribution in [0.1, 0.15) is 64.7 Å². The molecule has 0 atom stereocenters. The molecule has 2 rings (SSSR count). The quantitative estimate of drug-likeness (QED) is 0.472. The first kappa shape index (κ1) is 29.1. The van der Waals surface area contributed by atoms with Gasteiger partial charge in [-0.1, -0.05) is 0 Å². The van der Waals surface area contributed by atoms with Crippen LogP contribution in [0.25, 0.3) is 0 Å². The zero-order valence-electron chi connectivity index (χ0n) is 22.4. The monoisotopic (exact) mass is 507 g/mol. The van der Waals surface area contributed by atoms with Crippen molar-refractivity contribution in [1.82, 2.24) is 15.5 Å². The molecule has 3 amide bonds. The lowest BCUT2D eigenvalue weighted by Gasteiger charge is -2.32. The Bertz CT molecular complexity index is 863. The molecule has 0 saturated carbocycles. The highest BCUT2D eigenvalue weighted by atomic mass is 16.6. The summed E-state index contributed by atoms with van der Waals surface area (Å²) in [5.74, 6) is 1.37. The summed E-state index contributed by atoms with van der Waals surface area (Å²) in [4.78, 5) is 38.8. The summed E-state index contributed by atoms with van der Waals surface area (Å²) in [7, 11) is 0. The second-order valence-electron chi connectivity index (χ2n) is 9.50. The van der Waals surface area contributed by atoms with Crippen LogP contribution in [0.5, 0.6) is 17.2 Å². The first-order chi connectivity index (χ1) is 17.1. The Balaban J connectivity index is 1.90. The lowest BCUT2D eigenvalue weighted by molar-refractivity contribution is -0.120. The fourth-order valence-corrected chi connectivity index (χ4v) is 3.82. The fraction of sp³-hybridized carbons (Fsp3) is 0.654. The molecule has 0 bridgehead atoms. The van der Waals surface area contributed by atoms with Crippen LogP contribution in [0.4, 0.5) is 4.79 Å². The van der Waals surface area contributed by atoms with E-state index in [4.69, 9.17) is 18.9 Å². The zero-order chi connectivity index (χ0) is 26.7. The van der Waals surface area contributed by atoms with Gasteiger partial charge in [0.15, 0.2) is 11.5 Å². The fourth-order valence-electron chi connectivity index (χ4n) is 3.82. The van der Waals surface area contributed by atoms with Gasteiger partial charge in [-0.2, -0.15) is 0 Å². The third-order valence-corrected chi connectivity index (χ3v) is 5.44. The van der Waals surface area contributed by atoms with Gasteiger partial charge in [-0.05, 0) is 72.4 Å². The largest absolute Gasteiger partial charge is 0.490 e. The number of benzene rings is 1. The number of amides is 3. The van der Waals surface area contributed by atoms with Crippen LogP contribution in [-0.2, 0) is 9.53 Å². The number of carbonyl (C=O) groups excluding carboxylic acids is 3. The second-order valence-corrected chi connectivity index (χ2v) is 9.50. The number of carbonyl (C=O) groups is 3. The lowest BCUT2D eigenvalue weighted by atomic mass is 9.96. The summed E-state index contributed by atoms with van der Waals surface area (Å²) >= 11 is 0. The van der Waals surface area contributed by atoms with Gasteiger partial charge in [0.25, 0.3) is 5.91 Å². The van der Waals surface area contributed by atoms with E-state index in [2.05, 4.69) is 10.6 Å². The van der Waals surface area contributed by atoms with E-state index in [-0.39, 0.29) is 24.3 Å². The molecule has 1 saturated heterocycles. The molecule has 0 unspecified atom stereocenters. The molecule has 10 heteroatoms. The molecule has 202 valence electrons. The van der Waals surface area contributed by atoms with Crippen molar-refractivity contribution in [3.05, 3.63) is 17.7 Å². The minimum atomic E-state index is -0.626. The minimum absolute atomic E-state index is 0.0935. The first-order valence-corrected chi connectivity index (χ1v) is 12.7. The number of nitrogens with zero attached hydrogens (tertiary/aromatic N) is 1. The maximum absolute atomic E-state index is 13.3. The van der Waals surface area contributed by atoms with Gasteiger partial charge >= 0.3 is 6.09 Å². The average molecular weight is 508 g/mol. The third-order valence-electron chi connectivity index (χ3n) is 5.44. The summed E-state index contributed by atoms with van der Waals surface area (Å²) in [5, 5.41) is 5.30. The SMILES string of the molecule is CCOc1cc(C(=O)N2CCC(CNC(=O)CNC(=O)OC(C)(C)C)CC2)cc(OCC)c1OCC. The van der Waals surface area contributed by atoms with E-state index in [9.17, 15) is 14.4 Å². The summed E-state index contributed by atoms with van der Waals surface area (Å²) in [6, 6.07) is 3.42. The van der Waals surface area contributed by atoms with Crippen molar-refractivity contribution in [3.63, 3.8) is 0 Å². The van der Waals surface area contributed by atoms with Gasteiger partial charge < -0.3 is 34.5 Å². The molecule has 10 nitrogen and oxygen atoms in total. The van der Waals surface area contributed by atoms with Crippen LogP contribution in [0.2, 0.25) is 0 Å². The molecule has 0 spiro atoms. The number of piperidine rings is 1. The minimum Gasteiger partial charge on any atom is -0.490 e. The van der Waals surface area contributed by atoms with E-state index in [1.165, 1.54) is 0 Å². The van der Waals surface area contributed by atoms with E-state index in [0.717, 1.165) is 12.8 Å². The van der Waals surface area contributed by atoms with Crippen molar-refractivity contribution in [3.8, 4) is 17.2 Å². The van der Waals surface area contributed by atoms with Crippen LogP contribution < -0.4 is 24.8 Å². The Morgan fingerprint density at radius 3 is 1.97 bits per heavy atom. The summed E-state index contributed by atoms with van der Waals surface area (Å²) in [6.07, 6.45) is 0.900. The topological polar surface area (TPSA) is 115 Å². The van der Waals surface area contributed by atoms with Crippen LogP contribution in [-0.4, -0.2) is 74.4 Å². The molecule has 36 heavy (non-hydrogen) atoms. The van der Waals surface area contributed by atoms with Gasteiger partial charge in [0, 0.05) is 25.2 Å². The molecule has 2 N–H and O–H groups in total. The van der Waals surface area contributed by atoms with E-state index < -0.39 is 11.7 Å². The van der Waals surface area contributed by atoms with Gasteiger partial charge in [-0.25, -0.2) is 4.79 Å². The molecule has 1 aromatic carbocycles. The number of ether oxygens (including phenoxy) is 4. The van der Waals surface area contributed by atoms with Crippen molar-refractivity contribution >= 4 is 17.9 Å². The Morgan fingerprint density at radius 1 is 0.917 bits per heavy atom. The lowest BCUT2D eigenvalue weighted by Crippen LogP contribution is -2.44. The zero-order valence-corrected chi connectivity index (χ0v) is 22.4. The van der Waals surface area contributed by atoms with Crippen LogP contribution in [0.15, 0.2) is 12.1 Å². The average Bonchev–Trinajstić information content (AvgIpc) is 2.82. The molecule has 0 radical (unpaired) electrons. The Labute approximate surface area is 214 Å². The van der Waals surface area contributed by atoms with E-state index >= 15 is 0 Å². The highest BCUT2D eigenvalue weighted by molar-refractivity contribution is 5.95. The Morgan fingerprint density at radius 2 is 1.47 bits per heavy atom. The summed E-state index contributed by atoms with van der Waals surface area (Å²) < 4.78 is 22.3. The molecule has 1 heterocycles. The summed E-state index contributed by atoms with van der Waals surface area (Å²) in [6.45, 7) is 13.7. The van der Waals surface area contributed by atoms with Crippen LogP contribution in [0, 0.1) is 5.92 Å². The highest BCUT2D eigenvalue weighted by Gasteiger charge is 2.26. The van der Waals surface area contributed by atoms with E-state index in [1.54, 1.807) is 32.9 Å². The maximum atomic E-state index is 13.3. The van der Waals surface area contributed by atoms with Crippen molar-refractivity contribution in [2.45, 2.75) is 60.0 Å². The van der Waals surface area contributed by atoms with Gasteiger partial charge in [-0.15, -0.1) is 0 Å². The van der Waals surface area contributed by atoms with Crippen molar-refractivity contribution < 1.29 is 33.3 Å². The van der Waals surface area contributed by atoms with Crippen LogP contribution >= 0.6 is 0 Å².